The van der Waals surface area contributed by atoms with Gasteiger partial charge in [-0.3, -0.25) is 0 Å². The molecule has 0 aliphatic heterocycles. The van der Waals surface area contributed by atoms with E-state index in [4.69, 9.17) is 16.3 Å². The van der Waals surface area contributed by atoms with Crippen molar-refractivity contribution in [2.24, 2.45) is 0 Å². The molecule has 0 spiro atoms. The summed E-state index contributed by atoms with van der Waals surface area (Å²) in [5.41, 5.74) is 1.51. The molecule has 1 aliphatic carbocycles. The van der Waals surface area contributed by atoms with Crippen molar-refractivity contribution in [3.63, 3.8) is 0 Å². The van der Waals surface area contributed by atoms with E-state index in [-0.39, 0.29) is 5.82 Å². The van der Waals surface area contributed by atoms with Crippen LogP contribution in [0.2, 0.25) is 5.15 Å². The minimum Gasteiger partial charge on any atom is -0.438 e. The summed E-state index contributed by atoms with van der Waals surface area (Å²) in [6.07, 6.45) is 2.16. The highest BCUT2D eigenvalue weighted by atomic mass is 35.5. The molecule has 1 aromatic heterocycles. The largest absolute Gasteiger partial charge is 0.438 e. The first-order valence-electron chi connectivity index (χ1n) is 6.52. The van der Waals surface area contributed by atoms with E-state index < -0.39 is 0 Å². The molecule has 0 N–H and O–H groups in total. The number of nitrogens with zero attached hydrogens (tertiary/aromatic N) is 2. The highest BCUT2D eigenvalue weighted by molar-refractivity contribution is 6.30. The molecule has 0 atom stereocenters. The van der Waals surface area contributed by atoms with Crippen LogP contribution >= 0.6 is 11.6 Å². The molecular weight excluding hydrogens is 279 g/mol. The number of benzene rings is 1. The van der Waals surface area contributed by atoms with E-state index in [2.05, 4.69) is 9.97 Å². The summed E-state index contributed by atoms with van der Waals surface area (Å²) in [6.45, 7) is 3.65. The first kappa shape index (κ1) is 13.3. The molecule has 1 aromatic carbocycles. The Morgan fingerprint density at radius 1 is 1.25 bits per heavy atom. The predicted octanol–water partition coefficient (Wildman–Crippen LogP) is 4.56. The van der Waals surface area contributed by atoms with E-state index in [9.17, 15) is 4.39 Å². The van der Waals surface area contributed by atoms with Crippen LogP contribution in [0.25, 0.3) is 0 Å². The molecule has 1 aliphatic rings. The molecule has 20 heavy (non-hydrogen) atoms. The average molecular weight is 293 g/mol. The maximum Gasteiger partial charge on any atom is 0.227 e. The Bertz CT molecular complexity index is 671. The van der Waals surface area contributed by atoms with E-state index in [0.717, 1.165) is 18.4 Å². The van der Waals surface area contributed by atoms with Gasteiger partial charge in [0, 0.05) is 17.5 Å². The van der Waals surface area contributed by atoms with Gasteiger partial charge in [0.15, 0.2) is 0 Å². The number of hydrogen-bond donors (Lipinski definition) is 0. The fraction of sp³-hybridized carbons (Fsp3) is 0.333. The summed E-state index contributed by atoms with van der Waals surface area (Å²) < 4.78 is 19.1. The van der Waals surface area contributed by atoms with Crippen LogP contribution in [0, 0.1) is 19.7 Å². The van der Waals surface area contributed by atoms with Gasteiger partial charge < -0.3 is 4.74 Å². The Morgan fingerprint density at radius 3 is 2.70 bits per heavy atom. The number of aromatic nitrogens is 2. The third-order valence-electron chi connectivity index (χ3n) is 3.36. The van der Waals surface area contributed by atoms with Gasteiger partial charge in [0.05, 0.1) is 0 Å². The van der Waals surface area contributed by atoms with Crippen molar-refractivity contribution in [2.75, 3.05) is 0 Å². The number of rotatable bonds is 3. The fourth-order valence-corrected chi connectivity index (χ4v) is 2.06. The average Bonchev–Trinajstić information content (AvgIpc) is 3.23. The Morgan fingerprint density at radius 2 is 2.00 bits per heavy atom. The van der Waals surface area contributed by atoms with Crippen LogP contribution in [0.5, 0.6) is 11.6 Å². The smallest absolute Gasteiger partial charge is 0.227 e. The highest BCUT2D eigenvalue weighted by Gasteiger charge is 2.28. The summed E-state index contributed by atoms with van der Waals surface area (Å²) in [5.74, 6) is 1.60. The quantitative estimate of drug-likeness (QED) is 0.778. The zero-order valence-electron chi connectivity index (χ0n) is 11.3. The lowest BCUT2D eigenvalue weighted by Crippen LogP contribution is -2.01. The van der Waals surface area contributed by atoms with Crippen molar-refractivity contribution in [2.45, 2.75) is 32.6 Å². The fourth-order valence-electron chi connectivity index (χ4n) is 1.90. The maximum absolute atomic E-state index is 13.3. The van der Waals surface area contributed by atoms with Gasteiger partial charge in [-0.05, 0) is 38.3 Å². The van der Waals surface area contributed by atoms with Gasteiger partial charge >= 0.3 is 0 Å². The van der Waals surface area contributed by atoms with Gasteiger partial charge in [0.25, 0.3) is 0 Å². The van der Waals surface area contributed by atoms with Crippen LogP contribution in [0.4, 0.5) is 4.39 Å². The maximum atomic E-state index is 13.3. The number of ether oxygens (including phenoxy) is 1. The Balaban J connectivity index is 1.99. The van der Waals surface area contributed by atoms with Crippen LogP contribution in [0.1, 0.15) is 35.7 Å². The number of hydrogen-bond acceptors (Lipinski definition) is 3. The summed E-state index contributed by atoms with van der Waals surface area (Å²) in [7, 11) is 0. The first-order chi connectivity index (χ1) is 9.54. The third kappa shape index (κ3) is 2.61. The molecule has 1 fully saturated rings. The third-order valence-corrected chi connectivity index (χ3v) is 3.73. The van der Waals surface area contributed by atoms with Gasteiger partial charge in [0.2, 0.25) is 5.88 Å². The predicted molar refractivity (Wildman–Crippen MR) is 75.0 cm³/mol. The van der Waals surface area contributed by atoms with Crippen LogP contribution in [-0.2, 0) is 0 Å². The lowest BCUT2D eigenvalue weighted by atomic mass is 10.2. The second-order valence-corrected chi connectivity index (χ2v) is 5.45. The van der Waals surface area contributed by atoms with Gasteiger partial charge in [-0.2, -0.15) is 4.98 Å². The minimum atomic E-state index is -0.342. The topological polar surface area (TPSA) is 35.0 Å². The molecule has 0 radical (unpaired) electrons. The summed E-state index contributed by atoms with van der Waals surface area (Å²) >= 11 is 6.12. The van der Waals surface area contributed by atoms with Crippen molar-refractivity contribution in [3.05, 3.63) is 46.1 Å². The first-order valence-corrected chi connectivity index (χ1v) is 6.90. The van der Waals surface area contributed by atoms with Crippen molar-refractivity contribution >= 4 is 11.6 Å². The second kappa shape index (κ2) is 5.02. The van der Waals surface area contributed by atoms with Gasteiger partial charge in [-0.1, -0.05) is 17.7 Å². The minimum absolute atomic E-state index is 0.342. The van der Waals surface area contributed by atoms with E-state index >= 15 is 0 Å². The van der Waals surface area contributed by atoms with Crippen molar-refractivity contribution in [3.8, 4) is 11.6 Å². The number of halogens is 2. The monoisotopic (exact) mass is 292 g/mol. The van der Waals surface area contributed by atoms with Gasteiger partial charge in [0.1, 0.15) is 22.5 Å². The van der Waals surface area contributed by atoms with Gasteiger partial charge in [-0.25, -0.2) is 9.37 Å². The Hall–Kier alpha value is -1.68. The zero-order chi connectivity index (χ0) is 14.3. The van der Waals surface area contributed by atoms with E-state index in [0.29, 0.717) is 34.1 Å². The molecule has 0 amide bonds. The van der Waals surface area contributed by atoms with Gasteiger partial charge in [-0.15, -0.1) is 0 Å². The van der Waals surface area contributed by atoms with Crippen molar-refractivity contribution < 1.29 is 9.13 Å². The Kier molecular flexibility index (Phi) is 3.34. The summed E-state index contributed by atoms with van der Waals surface area (Å²) in [6, 6.07) is 4.42. The lowest BCUT2D eigenvalue weighted by molar-refractivity contribution is 0.446. The molecule has 0 bridgehead atoms. The van der Waals surface area contributed by atoms with Crippen LogP contribution in [0.3, 0.4) is 0 Å². The normalized spacial score (nSPS) is 14.4. The highest BCUT2D eigenvalue weighted by Crippen LogP contribution is 2.40. The SMILES string of the molecule is Cc1ccc(F)cc1Oc1nc(C2CC2)nc(Cl)c1C. The van der Waals surface area contributed by atoms with E-state index in [1.807, 2.05) is 6.92 Å². The molecular formula is C15H14ClFN2O. The zero-order valence-corrected chi connectivity index (χ0v) is 12.0. The second-order valence-electron chi connectivity index (χ2n) is 5.09. The van der Waals surface area contributed by atoms with Crippen LogP contribution < -0.4 is 4.74 Å². The van der Waals surface area contributed by atoms with E-state index in [1.54, 1.807) is 13.0 Å². The molecule has 1 heterocycles. The molecule has 3 nitrogen and oxygen atoms in total. The number of aryl methyl sites for hydroxylation is 1. The van der Waals surface area contributed by atoms with E-state index in [1.165, 1.54) is 12.1 Å². The van der Waals surface area contributed by atoms with Crippen molar-refractivity contribution in [1.29, 1.82) is 0 Å². The standard InChI is InChI=1S/C15H14ClFN2O/c1-8-3-6-11(17)7-12(8)20-15-9(2)13(16)18-14(19-15)10-4-5-10/h3,6-7,10H,4-5H2,1-2H3. The molecule has 3 rings (SSSR count). The summed E-state index contributed by atoms with van der Waals surface area (Å²) in [4.78, 5) is 8.70. The molecule has 1 saturated carbocycles. The molecule has 104 valence electrons. The molecule has 0 saturated heterocycles. The van der Waals surface area contributed by atoms with Crippen molar-refractivity contribution in [1.82, 2.24) is 9.97 Å². The van der Waals surface area contributed by atoms with Crippen LogP contribution in [-0.4, -0.2) is 9.97 Å². The van der Waals surface area contributed by atoms with Crippen LogP contribution in [0.15, 0.2) is 18.2 Å². The Labute approximate surface area is 121 Å². The summed E-state index contributed by atoms with van der Waals surface area (Å²) in [5, 5.41) is 0.394. The molecule has 2 aromatic rings. The molecule has 0 unspecified atom stereocenters. The lowest BCUT2D eigenvalue weighted by Gasteiger charge is -2.12. The molecule has 5 heteroatoms.